The van der Waals surface area contributed by atoms with Gasteiger partial charge < -0.3 is 14.5 Å². The third kappa shape index (κ3) is 4.15. The monoisotopic (exact) mass is 315 g/mol. The van der Waals surface area contributed by atoms with Gasteiger partial charge in [-0.2, -0.15) is 0 Å². The molecule has 0 atom stereocenters. The van der Waals surface area contributed by atoms with E-state index in [1.165, 1.54) is 0 Å². The van der Waals surface area contributed by atoms with Gasteiger partial charge in [0.15, 0.2) is 0 Å². The number of allylic oxidation sites excluding steroid dienone is 1. The number of nitrogens with one attached hydrogen (secondary N) is 1. The molecule has 23 heavy (non-hydrogen) atoms. The summed E-state index contributed by atoms with van der Waals surface area (Å²) in [4.78, 5) is 12.0. The maximum atomic E-state index is 12.0. The molecule has 0 aliphatic carbocycles. The van der Waals surface area contributed by atoms with Gasteiger partial charge in [-0.3, -0.25) is 4.79 Å². The van der Waals surface area contributed by atoms with Crippen molar-refractivity contribution < 1.29 is 13.9 Å². The summed E-state index contributed by atoms with van der Waals surface area (Å²) in [5.74, 6) is 1.21. The van der Waals surface area contributed by atoms with Crippen LogP contribution in [0.1, 0.15) is 38.3 Å². The molecule has 1 heterocycles. The molecular formula is C19H25NO3. The quantitative estimate of drug-likeness (QED) is 0.808. The number of carbonyl (C=O) groups excluding carboxylic acids is 1. The number of fused-ring (bicyclic) bond motifs is 1. The van der Waals surface area contributed by atoms with Crippen molar-refractivity contribution in [2.24, 2.45) is 5.92 Å². The number of hydrogen-bond donors (Lipinski definition) is 1. The van der Waals surface area contributed by atoms with Crippen LogP contribution < -0.4 is 10.1 Å². The molecular weight excluding hydrogens is 290 g/mol. The van der Waals surface area contributed by atoms with E-state index in [1.807, 2.05) is 26.0 Å². The van der Waals surface area contributed by atoms with Crippen LogP contribution in [-0.4, -0.2) is 19.6 Å². The van der Waals surface area contributed by atoms with Crippen molar-refractivity contribution in [3.8, 4) is 5.75 Å². The van der Waals surface area contributed by atoms with E-state index in [4.69, 9.17) is 9.15 Å². The second kappa shape index (κ2) is 7.36. The Morgan fingerprint density at radius 3 is 2.78 bits per heavy atom. The lowest BCUT2D eigenvalue weighted by Gasteiger charge is -2.10. The summed E-state index contributed by atoms with van der Waals surface area (Å²) in [5, 5.41) is 3.96. The van der Waals surface area contributed by atoms with Crippen molar-refractivity contribution >= 4 is 22.4 Å². The zero-order valence-electron chi connectivity index (χ0n) is 14.5. The number of amides is 1. The minimum Gasteiger partial charge on any atom is -0.496 e. The highest BCUT2D eigenvalue weighted by atomic mass is 16.5. The summed E-state index contributed by atoms with van der Waals surface area (Å²) in [6, 6.07) is 3.88. The third-order valence-electron chi connectivity index (χ3n) is 3.88. The zero-order chi connectivity index (χ0) is 17.0. The molecule has 0 spiro atoms. The van der Waals surface area contributed by atoms with Crippen LogP contribution in [0.4, 0.5) is 0 Å². The molecule has 0 bridgehead atoms. The normalized spacial score (nSPS) is 12.0. The standard InChI is InChI=1S/C19H25NO3/c1-12(2)6-7-20-19(21)8-13(3)15-9-16-14(4)11-23-18(16)10-17(15)22-5/h8-12H,6-7H2,1-5H3,(H,20,21)/b13-8+. The Labute approximate surface area is 137 Å². The zero-order valence-corrected chi connectivity index (χ0v) is 14.5. The van der Waals surface area contributed by atoms with E-state index in [9.17, 15) is 4.79 Å². The molecule has 4 nitrogen and oxygen atoms in total. The highest BCUT2D eigenvalue weighted by Crippen LogP contribution is 2.33. The molecule has 1 amide bonds. The number of carbonyl (C=O) groups is 1. The Balaban J connectivity index is 2.24. The maximum Gasteiger partial charge on any atom is 0.244 e. The second-order valence-electron chi connectivity index (χ2n) is 6.27. The van der Waals surface area contributed by atoms with Crippen molar-refractivity contribution in [2.75, 3.05) is 13.7 Å². The van der Waals surface area contributed by atoms with E-state index >= 15 is 0 Å². The molecule has 0 unspecified atom stereocenters. The van der Waals surface area contributed by atoms with E-state index in [2.05, 4.69) is 19.2 Å². The average Bonchev–Trinajstić information content (AvgIpc) is 2.86. The molecule has 0 aliphatic rings. The summed E-state index contributed by atoms with van der Waals surface area (Å²) < 4.78 is 10.9. The van der Waals surface area contributed by atoms with Gasteiger partial charge in [-0.05, 0) is 43.4 Å². The van der Waals surface area contributed by atoms with Crippen LogP contribution in [0.2, 0.25) is 0 Å². The van der Waals surface area contributed by atoms with Gasteiger partial charge in [-0.1, -0.05) is 13.8 Å². The van der Waals surface area contributed by atoms with Gasteiger partial charge in [0.05, 0.1) is 13.4 Å². The lowest BCUT2D eigenvalue weighted by Crippen LogP contribution is -2.23. The molecule has 0 fully saturated rings. The van der Waals surface area contributed by atoms with Gasteiger partial charge in [0.1, 0.15) is 11.3 Å². The minimum absolute atomic E-state index is 0.0748. The van der Waals surface area contributed by atoms with Crippen molar-refractivity contribution in [2.45, 2.75) is 34.1 Å². The lowest BCUT2D eigenvalue weighted by molar-refractivity contribution is -0.116. The van der Waals surface area contributed by atoms with Gasteiger partial charge in [0.25, 0.3) is 0 Å². The number of rotatable bonds is 6. The Hall–Kier alpha value is -2.23. The maximum absolute atomic E-state index is 12.0. The topological polar surface area (TPSA) is 51.5 Å². The molecule has 0 saturated carbocycles. The molecule has 1 aromatic carbocycles. The first kappa shape index (κ1) is 17.1. The fourth-order valence-electron chi connectivity index (χ4n) is 2.47. The molecule has 2 rings (SSSR count). The van der Waals surface area contributed by atoms with Gasteiger partial charge in [0.2, 0.25) is 5.91 Å². The Morgan fingerprint density at radius 2 is 2.13 bits per heavy atom. The molecule has 1 N–H and O–H groups in total. The van der Waals surface area contributed by atoms with Crippen LogP contribution >= 0.6 is 0 Å². The van der Waals surface area contributed by atoms with Crippen molar-refractivity contribution in [1.82, 2.24) is 5.32 Å². The predicted molar refractivity (Wildman–Crippen MR) is 93.6 cm³/mol. The van der Waals surface area contributed by atoms with Gasteiger partial charge >= 0.3 is 0 Å². The fourth-order valence-corrected chi connectivity index (χ4v) is 2.47. The Kier molecular flexibility index (Phi) is 5.48. The number of ether oxygens (including phenoxy) is 1. The Morgan fingerprint density at radius 1 is 1.39 bits per heavy atom. The highest BCUT2D eigenvalue weighted by molar-refractivity contribution is 5.97. The summed E-state index contributed by atoms with van der Waals surface area (Å²) in [7, 11) is 1.62. The first-order valence-corrected chi connectivity index (χ1v) is 7.94. The molecule has 2 aromatic rings. The summed E-state index contributed by atoms with van der Waals surface area (Å²) in [6.45, 7) is 8.89. The van der Waals surface area contributed by atoms with Gasteiger partial charge in [-0.15, -0.1) is 0 Å². The van der Waals surface area contributed by atoms with Crippen LogP contribution in [0.25, 0.3) is 16.5 Å². The first-order valence-electron chi connectivity index (χ1n) is 7.94. The average molecular weight is 315 g/mol. The van der Waals surface area contributed by atoms with E-state index in [0.717, 1.165) is 34.1 Å². The van der Waals surface area contributed by atoms with Crippen LogP contribution in [0.5, 0.6) is 5.75 Å². The van der Waals surface area contributed by atoms with Crippen LogP contribution in [0, 0.1) is 12.8 Å². The lowest BCUT2D eigenvalue weighted by atomic mass is 10.0. The highest BCUT2D eigenvalue weighted by Gasteiger charge is 2.12. The van der Waals surface area contributed by atoms with Crippen molar-refractivity contribution in [3.05, 3.63) is 35.6 Å². The summed E-state index contributed by atoms with van der Waals surface area (Å²) in [6.07, 6.45) is 4.33. The molecule has 0 saturated heterocycles. The molecule has 0 aliphatic heterocycles. The number of benzene rings is 1. The number of hydrogen-bond acceptors (Lipinski definition) is 3. The molecule has 4 heteroatoms. The minimum atomic E-state index is -0.0748. The third-order valence-corrected chi connectivity index (χ3v) is 3.88. The van der Waals surface area contributed by atoms with E-state index in [1.54, 1.807) is 19.4 Å². The first-order chi connectivity index (χ1) is 10.9. The summed E-state index contributed by atoms with van der Waals surface area (Å²) in [5.41, 5.74) is 3.63. The smallest absolute Gasteiger partial charge is 0.244 e. The molecule has 0 radical (unpaired) electrons. The van der Waals surface area contributed by atoms with E-state index in [0.29, 0.717) is 18.2 Å². The largest absolute Gasteiger partial charge is 0.496 e. The van der Waals surface area contributed by atoms with Gasteiger partial charge in [-0.25, -0.2) is 0 Å². The number of aryl methyl sites for hydroxylation is 1. The summed E-state index contributed by atoms with van der Waals surface area (Å²) >= 11 is 0. The number of furan rings is 1. The second-order valence-corrected chi connectivity index (χ2v) is 6.27. The van der Waals surface area contributed by atoms with Crippen LogP contribution in [0.3, 0.4) is 0 Å². The van der Waals surface area contributed by atoms with E-state index < -0.39 is 0 Å². The SMILES string of the molecule is COc1cc2occ(C)c2cc1/C(C)=C/C(=O)NCCC(C)C. The Bertz CT molecular complexity index is 726. The number of methoxy groups -OCH3 is 1. The molecule has 1 aromatic heterocycles. The molecule has 124 valence electrons. The van der Waals surface area contributed by atoms with E-state index in [-0.39, 0.29) is 5.91 Å². The predicted octanol–water partition coefficient (Wildman–Crippen LogP) is 4.32. The van der Waals surface area contributed by atoms with Crippen LogP contribution in [0.15, 0.2) is 28.9 Å². The van der Waals surface area contributed by atoms with Crippen molar-refractivity contribution in [3.63, 3.8) is 0 Å². The fraction of sp³-hybridized carbons (Fsp3) is 0.421. The van der Waals surface area contributed by atoms with Crippen LogP contribution in [-0.2, 0) is 4.79 Å². The van der Waals surface area contributed by atoms with Gasteiger partial charge in [0, 0.05) is 29.6 Å². The van der Waals surface area contributed by atoms with Crippen molar-refractivity contribution in [1.29, 1.82) is 0 Å².